The lowest BCUT2D eigenvalue weighted by molar-refractivity contribution is -0.141. The number of hydrogen-bond acceptors (Lipinski definition) is 4. The predicted octanol–water partition coefficient (Wildman–Crippen LogP) is 0.548. The summed E-state index contributed by atoms with van der Waals surface area (Å²) in [6.07, 6.45) is 4.21. The maximum absolute atomic E-state index is 12.0. The highest BCUT2D eigenvalue weighted by atomic mass is 16.2. The zero-order valence-corrected chi connectivity index (χ0v) is 12.4. The number of amides is 3. The summed E-state index contributed by atoms with van der Waals surface area (Å²) < 4.78 is 0. The van der Waals surface area contributed by atoms with E-state index < -0.39 is 6.04 Å². The van der Waals surface area contributed by atoms with Crippen molar-refractivity contribution >= 4 is 17.7 Å². The molecule has 1 fully saturated rings. The Morgan fingerprint density at radius 3 is 2.50 bits per heavy atom. The van der Waals surface area contributed by atoms with Gasteiger partial charge >= 0.3 is 0 Å². The number of hydrogen-bond donors (Lipinski definition) is 2. The normalized spacial score (nSPS) is 19.0. The van der Waals surface area contributed by atoms with E-state index in [0.29, 0.717) is 13.0 Å². The van der Waals surface area contributed by atoms with Crippen molar-refractivity contribution in [1.29, 1.82) is 0 Å². The van der Waals surface area contributed by atoms with Gasteiger partial charge in [0.1, 0.15) is 6.04 Å². The Hall–Kier alpha value is -1.43. The molecular weight excluding hydrogens is 258 g/mol. The number of imide groups is 1. The molecule has 0 aromatic carbocycles. The fraction of sp³-hybridized carbons (Fsp3) is 0.786. The van der Waals surface area contributed by atoms with Crippen molar-refractivity contribution < 1.29 is 14.4 Å². The summed E-state index contributed by atoms with van der Waals surface area (Å²) in [6, 6.07) is -0.838. The van der Waals surface area contributed by atoms with Crippen molar-refractivity contribution in [3.05, 3.63) is 0 Å². The molecule has 20 heavy (non-hydrogen) atoms. The van der Waals surface area contributed by atoms with E-state index in [1.165, 1.54) is 4.90 Å². The van der Waals surface area contributed by atoms with Gasteiger partial charge in [0.15, 0.2) is 0 Å². The summed E-state index contributed by atoms with van der Waals surface area (Å²) in [5.41, 5.74) is 5.39. The third-order valence-corrected chi connectivity index (χ3v) is 3.39. The average Bonchev–Trinajstić information content (AvgIpc) is 2.64. The fourth-order valence-electron chi connectivity index (χ4n) is 2.36. The van der Waals surface area contributed by atoms with Crippen molar-refractivity contribution in [3.8, 4) is 0 Å². The fourth-order valence-corrected chi connectivity index (χ4v) is 2.36. The van der Waals surface area contributed by atoms with Crippen LogP contribution >= 0.6 is 0 Å². The number of likely N-dealkylation sites (tertiary alicyclic amines) is 1. The Morgan fingerprint density at radius 1 is 1.30 bits per heavy atom. The number of rotatable bonds is 8. The van der Waals surface area contributed by atoms with Crippen molar-refractivity contribution in [1.82, 2.24) is 10.2 Å². The molecule has 1 aliphatic rings. The molecule has 3 amide bonds. The summed E-state index contributed by atoms with van der Waals surface area (Å²) in [7, 11) is 0. The molecule has 114 valence electrons. The molecule has 1 aliphatic heterocycles. The van der Waals surface area contributed by atoms with Crippen LogP contribution in [0.25, 0.3) is 0 Å². The lowest BCUT2D eigenvalue weighted by Crippen LogP contribution is -2.43. The number of carbonyl (C=O) groups excluding carboxylic acids is 3. The lowest BCUT2D eigenvalue weighted by Gasteiger charge is -2.19. The van der Waals surface area contributed by atoms with E-state index in [-0.39, 0.29) is 30.2 Å². The first-order valence-corrected chi connectivity index (χ1v) is 7.32. The third kappa shape index (κ3) is 4.59. The van der Waals surface area contributed by atoms with Crippen LogP contribution in [0.2, 0.25) is 0 Å². The van der Waals surface area contributed by atoms with Crippen LogP contribution in [-0.4, -0.2) is 41.2 Å². The zero-order chi connectivity index (χ0) is 15.1. The van der Waals surface area contributed by atoms with Crippen LogP contribution in [-0.2, 0) is 14.4 Å². The number of carbonyl (C=O) groups is 3. The van der Waals surface area contributed by atoms with Crippen LogP contribution in [0.5, 0.6) is 0 Å². The molecule has 0 bridgehead atoms. The number of nitrogens with zero attached hydrogens (tertiary/aromatic N) is 1. The summed E-state index contributed by atoms with van der Waals surface area (Å²) >= 11 is 0. The van der Waals surface area contributed by atoms with Crippen LogP contribution in [0, 0.1) is 0 Å². The van der Waals surface area contributed by atoms with Gasteiger partial charge in [0.2, 0.25) is 11.8 Å². The van der Waals surface area contributed by atoms with Gasteiger partial charge in [-0.25, -0.2) is 0 Å². The summed E-state index contributed by atoms with van der Waals surface area (Å²) in [5, 5.41) is 2.66. The van der Waals surface area contributed by atoms with E-state index in [0.717, 1.165) is 25.7 Å². The van der Waals surface area contributed by atoms with Gasteiger partial charge in [-0.1, -0.05) is 12.8 Å². The molecule has 1 rings (SSSR count). The van der Waals surface area contributed by atoms with E-state index in [9.17, 15) is 14.4 Å². The SMILES string of the molecule is CC(C)N1C(=O)CC(NC(=O)CCCCCCN)C1=O. The summed E-state index contributed by atoms with van der Waals surface area (Å²) in [5.74, 6) is -0.658. The summed E-state index contributed by atoms with van der Waals surface area (Å²) in [4.78, 5) is 36.6. The minimum absolute atomic E-state index is 0.0793. The molecular formula is C14H25N3O3. The second-order valence-electron chi connectivity index (χ2n) is 5.47. The van der Waals surface area contributed by atoms with Gasteiger partial charge in [-0.05, 0) is 33.2 Å². The Labute approximate surface area is 120 Å². The lowest BCUT2D eigenvalue weighted by atomic mass is 10.1. The molecule has 6 nitrogen and oxygen atoms in total. The van der Waals surface area contributed by atoms with Gasteiger partial charge < -0.3 is 11.1 Å². The Morgan fingerprint density at radius 2 is 1.95 bits per heavy atom. The minimum atomic E-state index is -0.679. The van der Waals surface area contributed by atoms with Gasteiger partial charge in [-0.15, -0.1) is 0 Å². The highest BCUT2D eigenvalue weighted by Crippen LogP contribution is 2.16. The van der Waals surface area contributed by atoms with Gasteiger partial charge in [0.25, 0.3) is 5.91 Å². The maximum atomic E-state index is 12.0. The number of nitrogens with one attached hydrogen (secondary N) is 1. The topological polar surface area (TPSA) is 92.5 Å². The van der Waals surface area contributed by atoms with Crippen LogP contribution in [0.3, 0.4) is 0 Å². The van der Waals surface area contributed by atoms with E-state index in [2.05, 4.69) is 5.32 Å². The van der Waals surface area contributed by atoms with E-state index >= 15 is 0 Å². The molecule has 1 unspecified atom stereocenters. The van der Waals surface area contributed by atoms with E-state index in [1.54, 1.807) is 13.8 Å². The quantitative estimate of drug-likeness (QED) is 0.502. The predicted molar refractivity (Wildman–Crippen MR) is 75.7 cm³/mol. The second-order valence-corrected chi connectivity index (χ2v) is 5.47. The highest BCUT2D eigenvalue weighted by Gasteiger charge is 2.40. The maximum Gasteiger partial charge on any atom is 0.252 e. The Kier molecular flexibility index (Phi) is 6.64. The van der Waals surface area contributed by atoms with Crippen LogP contribution in [0.4, 0.5) is 0 Å². The van der Waals surface area contributed by atoms with Crippen molar-refractivity contribution in [2.24, 2.45) is 5.73 Å². The molecule has 1 atom stereocenters. The highest BCUT2D eigenvalue weighted by molar-refractivity contribution is 6.07. The molecule has 3 N–H and O–H groups in total. The zero-order valence-electron chi connectivity index (χ0n) is 12.4. The molecule has 0 aliphatic carbocycles. The van der Waals surface area contributed by atoms with Gasteiger partial charge in [-0.3, -0.25) is 19.3 Å². The Bertz CT molecular complexity index is 369. The van der Waals surface area contributed by atoms with Gasteiger partial charge in [-0.2, -0.15) is 0 Å². The number of nitrogens with two attached hydrogens (primary N) is 1. The molecule has 0 spiro atoms. The minimum Gasteiger partial charge on any atom is -0.344 e. The van der Waals surface area contributed by atoms with Crippen LogP contribution < -0.4 is 11.1 Å². The van der Waals surface area contributed by atoms with Gasteiger partial charge in [0, 0.05) is 12.5 Å². The van der Waals surface area contributed by atoms with Crippen LogP contribution in [0.15, 0.2) is 0 Å². The van der Waals surface area contributed by atoms with E-state index in [4.69, 9.17) is 5.73 Å². The average molecular weight is 283 g/mol. The molecule has 1 heterocycles. The van der Waals surface area contributed by atoms with Crippen molar-refractivity contribution in [2.75, 3.05) is 6.54 Å². The molecule has 0 saturated carbocycles. The van der Waals surface area contributed by atoms with Crippen molar-refractivity contribution in [3.63, 3.8) is 0 Å². The number of unbranched alkanes of at least 4 members (excludes halogenated alkanes) is 3. The molecule has 6 heteroatoms. The van der Waals surface area contributed by atoms with Gasteiger partial charge in [0.05, 0.1) is 6.42 Å². The van der Waals surface area contributed by atoms with Crippen molar-refractivity contribution in [2.45, 2.75) is 64.5 Å². The largest absolute Gasteiger partial charge is 0.344 e. The molecule has 1 saturated heterocycles. The monoisotopic (exact) mass is 283 g/mol. The standard InChI is InChI=1S/C14H25N3O3/c1-10(2)17-13(19)9-11(14(17)20)16-12(18)7-5-3-4-6-8-15/h10-11H,3-9,15H2,1-2H3,(H,16,18). The smallest absolute Gasteiger partial charge is 0.252 e. The second kappa shape index (κ2) is 7.99. The first-order chi connectivity index (χ1) is 9.47. The first-order valence-electron chi connectivity index (χ1n) is 7.32. The first kappa shape index (κ1) is 16.6. The molecule has 0 radical (unpaired) electrons. The molecule has 0 aromatic heterocycles. The Balaban J connectivity index is 2.32. The summed E-state index contributed by atoms with van der Waals surface area (Å²) in [6.45, 7) is 4.25. The third-order valence-electron chi connectivity index (χ3n) is 3.39. The van der Waals surface area contributed by atoms with Crippen LogP contribution in [0.1, 0.15) is 52.4 Å². The van der Waals surface area contributed by atoms with E-state index in [1.807, 2.05) is 0 Å². The molecule has 0 aromatic rings.